The van der Waals surface area contributed by atoms with Gasteiger partial charge in [0.2, 0.25) is 0 Å². The third-order valence-corrected chi connectivity index (χ3v) is 4.13. The van der Waals surface area contributed by atoms with Crippen LogP contribution in [0.1, 0.15) is 39.2 Å². The molecule has 0 saturated carbocycles. The zero-order chi connectivity index (χ0) is 16.6. The van der Waals surface area contributed by atoms with Crippen LogP contribution in [0.4, 0.5) is 0 Å². The van der Waals surface area contributed by atoms with Crippen molar-refractivity contribution in [3.63, 3.8) is 0 Å². The van der Waals surface area contributed by atoms with Crippen molar-refractivity contribution >= 4 is 5.97 Å². The van der Waals surface area contributed by atoms with E-state index in [-0.39, 0.29) is 0 Å². The second-order valence-electron chi connectivity index (χ2n) is 5.31. The minimum atomic E-state index is -0.741. The molecule has 2 N–H and O–H groups in total. The van der Waals surface area contributed by atoms with Gasteiger partial charge in [-0.15, -0.1) is 0 Å². The fraction of sp³-hybridized carbons (Fsp3) is 0.588. The Morgan fingerprint density at radius 2 is 1.91 bits per heavy atom. The molecule has 0 saturated heterocycles. The number of ether oxygens (including phenoxy) is 2. The summed E-state index contributed by atoms with van der Waals surface area (Å²) in [7, 11) is 1.61. The lowest BCUT2D eigenvalue weighted by Crippen LogP contribution is -2.40. The number of methoxy groups -OCH3 is 1. The minimum Gasteiger partial charge on any atom is -0.493 e. The maximum Gasteiger partial charge on any atom is 0.310 e. The van der Waals surface area contributed by atoms with E-state index in [1.54, 1.807) is 7.11 Å². The maximum absolute atomic E-state index is 11.5. The Balaban J connectivity index is 2.72. The standard InChI is InChI=1S/C17H27NO4/c1-5-17(6-2,16(19)20)12-18-11-13-8-9-14(21-4)15(10-13)22-7-3/h8-10,18H,5-7,11-12H2,1-4H3,(H,19,20). The monoisotopic (exact) mass is 309 g/mol. The summed E-state index contributed by atoms with van der Waals surface area (Å²) < 4.78 is 10.8. The van der Waals surface area contributed by atoms with E-state index in [9.17, 15) is 9.90 Å². The molecule has 0 fully saturated rings. The smallest absolute Gasteiger partial charge is 0.310 e. The van der Waals surface area contributed by atoms with Crippen LogP contribution in [0.2, 0.25) is 0 Å². The Kier molecular flexibility index (Phi) is 7.18. The number of nitrogens with one attached hydrogen (secondary N) is 1. The van der Waals surface area contributed by atoms with Gasteiger partial charge in [0.1, 0.15) is 0 Å². The van der Waals surface area contributed by atoms with E-state index in [1.165, 1.54) is 0 Å². The minimum absolute atomic E-state index is 0.450. The molecule has 22 heavy (non-hydrogen) atoms. The zero-order valence-electron chi connectivity index (χ0n) is 13.9. The SMILES string of the molecule is CCOc1cc(CNCC(CC)(CC)C(=O)O)ccc1OC. The van der Waals surface area contributed by atoms with E-state index >= 15 is 0 Å². The van der Waals surface area contributed by atoms with Crippen LogP contribution >= 0.6 is 0 Å². The molecular formula is C17H27NO4. The third kappa shape index (κ3) is 4.37. The fourth-order valence-electron chi connectivity index (χ4n) is 2.42. The van der Waals surface area contributed by atoms with Crippen molar-refractivity contribution in [1.82, 2.24) is 5.32 Å². The average Bonchev–Trinajstić information content (AvgIpc) is 2.52. The van der Waals surface area contributed by atoms with E-state index in [0.717, 1.165) is 5.56 Å². The summed E-state index contributed by atoms with van der Waals surface area (Å²) in [5.74, 6) is 0.669. The predicted octanol–water partition coefficient (Wildman–Crippen LogP) is 3.07. The van der Waals surface area contributed by atoms with E-state index in [4.69, 9.17) is 9.47 Å². The molecule has 0 aliphatic carbocycles. The molecule has 0 unspecified atom stereocenters. The van der Waals surface area contributed by atoms with E-state index in [2.05, 4.69) is 5.32 Å². The fourth-order valence-corrected chi connectivity index (χ4v) is 2.42. The van der Waals surface area contributed by atoms with Crippen molar-refractivity contribution in [2.45, 2.75) is 40.2 Å². The molecule has 5 nitrogen and oxygen atoms in total. The van der Waals surface area contributed by atoms with E-state index < -0.39 is 11.4 Å². The molecule has 0 spiro atoms. The van der Waals surface area contributed by atoms with Gasteiger partial charge < -0.3 is 19.9 Å². The molecule has 0 radical (unpaired) electrons. The average molecular weight is 309 g/mol. The largest absolute Gasteiger partial charge is 0.493 e. The highest BCUT2D eigenvalue weighted by atomic mass is 16.5. The lowest BCUT2D eigenvalue weighted by molar-refractivity contribution is -0.149. The van der Waals surface area contributed by atoms with Crippen LogP contribution < -0.4 is 14.8 Å². The number of carboxylic acids is 1. The first kappa shape index (κ1) is 18.3. The van der Waals surface area contributed by atoms with Crippen LogP contribution in [0.15, 0.2) is 18.2 Å². The highest BCUT2D eigenvalue weighted by Gasteiger charge is 2.34. The lowest BCUT2D eigenvalue weighted by Gasteiger charge is -2.27. The predicted molar refractivity (Wildman–Crippen MR) is 86.5 cm³/mol. The molecule has 1 aromatic rings. The van der Waals surface area contributed by atoms with Gasteiger partial charge in [0.05, 0.1) is 19.1 Å². The normalized spacial score (nSPS) is 11.3. The van der Waals surface area contributed by atoms with Gasteiger partial charge in [0, 0.05) is 13.1 Å². The molecule has 0 aliphatic heterocycles. The Hall–Kier alpha value is -1.75. The number of hydrogen-bond donors (Lipinski definition) is 2. The van der Waals surface area contributed by atoms with Crippen LogP contribution in [0.5, 0.6) is 11.5 Å². The summed E-state index contributed by atoms with van der Waals surface area (Å²) in [6.07, 6.45) is 1.22. The van der Waals surface area contributed by atoms with Gasteiger partial charge in [-0.05, 0) is 37.5 Å². The first-order valence-electron chi connectivity index (χ1n) is 7.76. The summed E-state index contributed by atoms with van der Waals surface area (Å²) >= 11 is 0. The summed E-state index contributed by atoms with van der Waals surface area (Å²) in [5, 5.41) is 12.7. The van der Waals surface area contributed by atoms with Crippen molar-refractivity contribution < 1.29 is 19.4 Å². The van der Waals surface area contributed by atoms with Crippen LogP contribution in [-0.4, -0.2) is 31.3 Å². The lowest BCUT2D eigenvalue weighted by atomic mass is 9.82. The van der Waals surface area contributed by atoms with Gasteiger partial charge in [0.15, 0.2) is 11.5 Å². The van der Waals surface area contributed by atoms with Gasteiger partial charge >= 0.3 is 5.97 Å². The van der Waals surface area contributed by atoms with Crippen LogP contribution in [0, 0.1) is 5.41 Å². The topological polar surface area (TPSA) is 67.8 Å². The van der Waals surface area contributed by atoms with Crippen molar-refractivity contribution in [1.29, 1.82) is 0 Å². The third-order valence-electron chi connectivity index (χ3n) is 4.13. The Bertz CT molecular complexity index is 484. The molecule has 0 atom stereocenters. The van der Waals surface area contributed by atoms with Crippen molar-refractivity contribution in [2.24, 2.45) is 5.41 Å². The zero-order valence-corrected chi connectivity index (χ0v) is 13.9. The summed E-state index contributed by atoms with van der Waals surface area (Å²) in [6, 6.07) is 5.75. The number of rotatable bonds is 10. The van der Waals surface area contributed by atoms with Crippen LogP contribution in [0.25, 0.3) is 0 Å². The molecule has 124 valence electrons. The molecule has 5 heteroatoms. The van der Waals surface area contributed by atoms with Crippen LogP contribution in [-0.2, 0) is 11.3 Å². The molecule has 0 aromatic heterocycles. The summed E-state index contributed by atoms with van der Waals surface area (Å²) in [5.41, 5.74) is 0.339. The van der Waals surface area contributed by atoms with Crippen molar-refractivity contribution in [3.05, 3.63) is 23.8 Å². The highest BCUT2D eigenvalue weighted by molar-refractivity contribution is 5.74. The summed E-state index contributed by atoms with van der Waals surface area (Å²) in [4.78, 5) is 11.5. The Morgan fingerprint density at radius 1 is 1.23 bits per heavy atom. The number of carbonyl (C=O) groups is 1. The van der Waals surface area contributed by atoms with Gasteiger partial charge in [-0.25, -0.2) is 0 Å². The molecule has 1 aromatic carbocycles. The second kappa shape index (κ2) is 8.63. The Labute approximate surface area is 132 Å². The Morgan fingerprint density at radius 3 is 2.41 bits per heavy atom. The maximum atomic E-state index is 11.5. The van der Waals surface area contributed by atoms with E-state index in [1.807, 2.05) is 39.0 Å². The quantitative estimate of drug-likeness (QED) is 0.695. The number of carboxylic acid groups (broad SMARTS) is 1. The van der Waals surface area contributed by atoms with Crippen molar-refractivity contribution in [3.8, 4) is 11.5 Å². The molecular weight excluding hydrogens is 282 g/mol. The molecule has 0 amide bonds. The number of hydrogen-bond acceptors (Lipinski definition) is 4. The summed E-state index contributed by atoms with van der Waals surface area (Å²) in [6.45, 7) is 7.37. The van der Waals surface area contributed by atoms with Gasteiger partial charge in [-0.3, -0.25) is 4.79 Å². The molecule has 0 aliphatic rings. The van der Waals surface area contributed by atoms with Crippen LogP contribution in [0.3, 0.4) is 0 Å². The number of benzene rings is 1. The van der Waals surface area contributed by atoms with E-state index in [0.29, 0.717) is 44.0 Å². The number of aliphatic carboxylic acids is 1. The first-order chi connectivity index (χ1) is 10.5. The second-order valence-corrected chi connectivity index (χ2v) is 5.31. The highest BCUT2D eigenvalue weighted by Crippen LogP contribution is 2.29. The molecule has 0 heterocycles. The van der Waals surface area contributed by atoms with Gasteiger partial charge in [-0.2, -0.15) is 0 Å². The van der Waals surface area contributed by atoms with Gasteiger partial charge in [0.25, 0.3) is 0 Å². The molecule has 1 rings (SSSR count). The van der Waals surface area contributed by atoms with Gasteiger partial charge in [-0.1, -0.05) is 19.9 Å². The van der Waals surface area contributed by atoms with Crippen molar-refractivity contribution in [2.75, 3.05) is 20.3 Å². The first-order valence-corrected chi connectivity index (χ1v) is 7.76. The molecule has 0 bridgehead atoms.